The van der Waals surface area contributed by atoms with Gasteiger partial charge in [0.2, 0.25) is 0 Å². The Morgan fingerprint density at radius 2 is 2.12 bits per heavy atom. The number of aromatic nitrogens is 2. The summed E-state index contributed by atoms with van der Waals surface area (Å²) >= 11 is 0. The zero-order valence-electron chi connectivity index (χ0n) is 9.18. The lowest BCUT2D eigenvalue weighted by atomic mass is 10.2. The molecule has 0 bridgehead atoms. The molecular weight excluding hydrogens is 218 g/mol. The predicted molar refractivity (Wildman–Crippen MR) is 64.7 cm³/mol. The Morgan fingerprint density at radius 3 is 2.76 bits per heavy atom. The average Bonchev–Trinajstić information content (AvgIpc) is 2.33. The molecule has 2 aromatic rings. The van der Waals surface area contributed by atoms with E-state index in [-0.39, 0.29) is 11.3 Å². The van der Waals surface area contributed by atoms with Gasteiger partial charge in [-0.1, -0.05) is 12.1 Å². The molecule has 2 rings (SSSR count). The molecule has 0 amide bonds. The van der Waals surface area contributed by atoms with E-state index in [1.54, 1.807) is 24.3 Å². The summed E-state index contributed by atoms with van der Waals surface area (Å²) in [4.78, 5) is 18.4. The highest BCUT2D eigenvalue weighted by atomic mass is 16.3. The number of H-pyrrole nitrogens is 1. The minimum Gasteiger partial charge on any atom is -0.507 e. The first-order valence-electron chi connectivity index (χ1n) is 5.29. The monoisotopic (exact) mass is 231 g/mol. The Kier molecular flexibility index (Phi) is 3.20. The largest absolute Gasteiger partial charge is 0.507 e. The van der Waals surface area contributed by atoms with Gasteiger partial charge in [0.25, 0.3) is 5.56 Å². The number of hydrogen-bond donors (Lipinski definition) is 3. The SMILES string of the molecule is NCCc1cnc(-c2ccccc2O)[nH]c1=O. The van der Waals surface area contributed by atoms with E-state index in [1.807, 2.05) is 0 Å². The number of phenolic OH excluding ortho intramolecular Hbond substituents is 1. The van der Waals surface area contributed by atoms with E-state index >= 15 is 0 Å². The van der Waals surface area contributed by atoms with E-state index in [0.29, 0.717) is 29.9 Å². The van der Waals surface area contributed by atoms with E-state index in [1.165, 1.54) is 6.20 Å². The molecule has 5 nitrogen and oxygen atoms in total. The molecule has 0 aliphatic rings. The van der Waals surface area contributed by atoms with Crippen molar-refractivity contribution in [2.75, 3.05) is 6.54 Å². The summed E-state index contributed by atoms with van der Waals surface area (Å²) in [6, 6.07) is 6.71. The fraction of sp³-hybridized carbons (Fsp3) is 0.167. The Bertz CT molecular complexity index is 578. The van der Waals surface area contributed by atoms with Crippen LogP contribution in [0.5, 0.6) is 5.75 Å². The lowest BCUT2D eigenvalue weighted by Crippen LogP contribution is -2.17. The Labute approximate surface area is 98.0 Å². The zero-order valence-corrected chi connectivity index (χ0v) is 9.18. The number of benzene rings is 1. The zero-order chi connectivity index (χ0) is 12.3. The molecule has 1 aromatic heterocycles. The first kappa shape index (κ1) is 11.3. The van der Waals surface area contributed by atoms with Crippen LogP contribution in [0.4, 0.5) is 0 Å². The van der Waals surface area contributed by atoms with Crippen LogP contribution in [0.3, 0.4) is 0 Å². The Hall–Kier alpha value is -2.14. The second kappa shape index (κ2) is 4.80. The van der Waals surface area contributed by atoms with Crippen LogP contribution in [0.1, 0.15) is 5.56 Å². The van der Waals surface area contributed by atoms with Crippen LogP contribution in [0.25, 0.3) is 11.4 Å². The summed E-state index contributed by atoms with van der Waals surface area (Å²) in [6.07, 6.45) is 1.98. The quantitative estimate of drug-likeness (QED) is 0.723. The molecule has 0 fully saturated rings. The lowest BCUT2D eigenvalue weighted by Gasteiger charge is -2.04. The Morgan fingerprint density at radius 1 is 1.35 bits per heavy atom. The van der Waals surface area contributed by atoms with Gasteiger partial charge < -0.3 is 15.8 Å². The maximum absolute atomic E-state index is 11.7. The van der Waals surface area contributed by atoms with Gasteiger partial charge in [-0.3, -0.25) is 4.79 Å². The Balaban J connectivity index is 2.45. The number of nitrogens with one attached hydrogen (secondary N) is 1. The van der Waals surface area contributed by atoms with Crippen molar-refractivity contribution in [3.8, 4) is 17.1 Å². The third kappa shape index (κ3) is 2.34. The van der Waals surface area contributed by atoms with Gasteiger partial charge >= 0.3 is 0 Å². The van der Waals surface area contributed by atoms with E-state index in [9.17, 15) is 9.90 Å². The van der Waals surface area contributed by atoms with Gasteiger partial charge in [-0.15, -0.1) is 0 Å². The van der Waals surface area contributed by atoms with Gasteiger partial charge in [-0.2, -0.15) is 0 Å². The normalized spacial score (nSPS) is 10.4. The number of aromatic amines is 1. The maximum atomic E-state index is 11.7. The molecule has 4 N–H and O–H groups in total. The van der Waals surface area contributed by atoms with Crippen LogP contribution < -0.4 is 11.3 Å². The molecular formula is C12H13N3O2. The fourth-order valence-corrected chi connectivity index (χ4v) is 1.57. The van der Waals surface area contributed by atoms with Gasteiger partial charge in [0.15, 0.2) is 0 Å². The topological polar surface area (TPSA) is 92.0 Å². The molecule has 17 heavy (non-hydrogen) atoms. The van der Waals surface area contributed by atoms with E-state index < -0.39 is 0 Å². The third-order valence-corrected chi connectivity index (χ3v) is 2.45. The lowest BCUT2D eigenvalue weighted by molar-refractivity contribution is 0.477. The fourth-order valence-electron chi connectivity index (χ4n) is 1.57. The molecule has 0 radical (unpaired) electrons. The second-order valence-electron chi connectivity index (χ2n) is 3.64. The minimum atomic E-state index is -0.219. The molecule has 0 unspecified atom stereocenters. The molecule has 0 atom stereocenters. The van der Waals surface area contributed by atoms with Crippen molar-refractivity contribution in [3.05, 3.63) is 46.4 Å². The van der Waals surface area contributed by atoms with E-state index in [2.05, 4.69) is 9.97 Å². The van der Waals surface area contributed by atoms with Crippen LogP contribution in [-0.2, 0) is 6.42 Å². The van der Waals surface area contributed by atoms with Gasteiger partial charge in [-0.25, -0.2) is 4.98 Å². The smallest absolute Gasteiger partial charge is 0.254 e. The molecule has 1 aromatic carbocycles. The highest BCUT2D eigenvalue weighted by molar-refractivity contribution is 5.62. The molecule has 88 valence electrons. The van der Waals surface area contributed by atoms with Gasteiger partial charge in [0.1, 0.15) is 11.6 Å². The number of nitrogens with zero attached hydrogens (tertiary/aromatic N) is 1. The van der Waals surface area contributed by atoms with Crippen LogP contribution >= 0.6 is 0 Å². The van der Waals surface area contributed by atoms with E-state index in [4.69, 9.17) is 5.73 Å². The molecule has 0 aliphatic carbocycles. The number of hydrogen-bond acceptors (Lipinski definition) is 4. The number of nitrogens with two attached hydrogens (primary N) is 1. The average molecular weight is 231 g/mol. The molecule has 0 spiro atoms. The summed E-state index contributed by atoms with van der Waals surface area (Å²) < 4.78 is 0. The van der Waals surface area contributed by atoms with Gasteiger partial charge in [0.05, 0.1) is 5.56 Å². The highest BCUT2D eigenvalue weighted by Crippen LogP contribution is 2.24. The van der Waals surface area contributed by atoms with Crippen molar-refractivity contribution in [2.45, 2.75) is 6.42 Å². The summed E-state index contributed by atoms with van der Waals surface area (Å²) in [6.45, 7) is 0.403. The van der Waals surface area contributed by atoms with Crippen LogP contribution in [0.15, 0.2) is 35.3 Å². The van der Waals surface area contributed by atoms with Crippen LogP contribution in [-0.4, -0.2) is 21.6 Å². The number of para-hydroxylation sites is 1. The second-order valence-corrected chi connectivity index (χ2v) is 3.64. The van der Waals surface area contributed by atoms with Crippen LogP contribution in [0, 0.1) is 0 Å². The maximum Gasteiger partial charge on any atom is 0.254 e. The predicted octanol–water partition coefficient (Wildman–Crippen LogP) is 0.644. The van der Waals surface area contributed by atoms with Crippen molar-refractivity contribution in [1.29, 1.82) is 0 Å². The molecule has 0 aliphatic heterocycles. The molecule has 0 saturated heterocycles. The summed E-state index contributed by atoms with van der Waals surface area (Å²) in [5, 5.41) is 9.65. The summed E-state index contributed by atoms with van der Waals surface area (Å²) in [7, 11) is 0. The summed E-state index contributed by atoms with van der Waals surface area (Å²) in [5.41, 5.74) is 6.21. The van der Waals surface area contributed by atoms with Crippen molar-refractivity contribution < 1.29 is 5.11 Å². The first-order valence-corrected chi connectivity index (χ1v) is 5.29. The molecule has 5 heteroatoms. The van der Waals surface area contributed by atoms with Crippen molar-refractivity contribution in [3.63, 3.8) is 0 Å². The minimum absolute atomic E-state index is 0.0854. The number of phenols is 1. The standard InChI is InChI=1S/C12H13N3O2/c13-6-5-8-7-14-11(15-12(8)17)9-3-1-2-4-10(9)16/h1-4,7,16H,5-6,13H2,(H,14,15,17). The highest BCUT2D eigenvalue weighted by Gasteiger charge is 2.07. The third-order valence-electron chi connectivity index (χ3n) is 2.45. The molecule has 0 saturated carbocycles. The van der Waals surface area contributed by atoms with E-state index in [0.717, 1.165) is 0 Å². The molecule has 1 heterocycles. The van der Waals surface area contributed by atoms with Crippen molar-refractivity contribution in [1.82, 2.24) is 9.97 Å². The van der Waals surface area contributed by atoms with Crippen LogP contribution in [0.2, 0.25) is 0 Å². The van der Waals surface area contributed by atoms with Gasteiger partial charge in [-0.05, 0) is 25.1 Å². The first-order chi connectivity index (χ1) is 8.22. The number of rotatable bonds is 3. The van der Waals surface area contributed by atoms with Crippen molar-refractivity contribution in [2.24, 2.45) is 5.73 Å². The van der Waals surface area contributed by atoms with Gasteiger partial charge in [0, 0.05) is 11.8 Å². The van der Waals surface area contributed by atoms with Crippen molar-refractivity contribution >= 4 is 0 Å². The number of aromatic hydroxyl groups is 1. The summed E-state index contributed by atoms with van der Waals surface area (Å²) in [5.74, 6) is 0.441.